The van der Waals surface area contributed by atoms with Gasteiger partial charge in [0.05, 0.1) is 43.6 Å². The summed E-state index contributed by atoms with van der Waals surface area (Å²) in [5, 5.41) is 0.473. The molecular formula is C21H27N5O3. The van der Waals surface area contributed by atoms with E-state index in [2.05, 4.69) is 45.2 Å². The molecule has 1 aliphatic heterocycles. The van der Waals surface area contributed by atoms with Crippen LogP contribution in [0.25, 0.3) is 10.9 Å². The highest BCUT2D eigenvalue weighted by Crippen LogP contribution is 2.31. The van der Waals surface area contributed by atoms with Gasteiger partial charge in [-0.05, 0) is 11.5 Å². The number of anilines is 1. The number of nitrogens with zero attached hydrogens (tertiary/aromatic N) is 4. The lowest BCUT2D eigenvalue weighted by Crippen LogP contribution is -2.36. The second kappa shape index (κ2) is 7.09. The molecule has 0 aliphatic carbocycles. The van der Waals surface area contributed by atoms with E-state index in [1.165, 1.54) is 0 Å². The summed E-state index contributed by atoms with van der Waals surface area (Å²) in [6.45, 7) is 8.87. The number of hydrogen-bond acceptors (Lipinski definition) is 6. The van der Waals surface area contributed by atoms with Crippen molar-refractivity contribution in [1.82, 2.24) is 19.5 Å². The Morgan fingerprint density at radius 2 is 1.86 bits per heavy atom. The highest BCUT2D eigenvalue weighted by molar-refractivity contribution is 5.82. The minimum absolute atomic E-state index is 0.185. The van der Waals surface area contributed by atoms with Gasteiger partial charge < -0.3 is 18.9 Å². The van der Waals surface area contributed by atoms with Gasteiger partial charge in [0.1, 0.15) is 5.82 Å². The number of benzene rings is 1. The van der Waals surface area contributed by atoms with E-state index in [9.17, 15) is 4.79 Å². The standard InChI is InChI=1S/C21H27N5O3/c1-21(2,3)10-18-22-11-13-12-25(6-7-26(13)18)20-23-15-9-17(29-5)16(28-4)8-14(15)19(27)24-20/h8-9,11H,6-7,10,12H2,1-5H3,(H,23,24,27). The summed E-state index contributed by atoms with van der Waals surface area (Å²) in [5.41, 5.74) is 1.70. The zero-order chi connectivity index (χ0) is 20.8. The van der Waals surface area contributed by atoms with E-state index in [-0.39, 0.29) is 11.0 Å². The third-order valence-corrected chi connectivity index (χ3v) is 5.15. The lowest BCUT2D eigenvalue weighted by Gasteiger charge is -2.30. The Morgan fingerprint density at radius 1 is 1.14 bits per heavy atom. The number of ether oxygens (including phenoxy) is 2. The number of H-pyrrole nitrogens is 1. The lowest BCUT2D eigenvalue weighted by atomic mass is 9.92. The average molecular weight is 397 g/mol. The predicted octanol–water partition coefficient (Wildman–Crippen LogP) is 2.75. The molecule has 0 bridgehead atoms. The molecule has 8 nitrogen and oxygen atoms in total. The summed E-state index contributed by atoms with van der Waals surface area (Å²) in [6.07, 6.45) is 2.86. The monoisotopic (exact) mass is 397 g/mol. The van der Waals surface area contributed by atoms with Gasteiger partial charge in [-0.15, -0.1) is 0 Å². The molecule has 154 valence electrons. The lowest BCUT2D eigenvalue weighted by molar-refractivity contribution is 0.355. The van der Waals surface area contributed by atoms with E-state index < -0.39 is 0 Å². The first-order chi connectivity index (χ1) is 13.8. The number of nitrogens with one attached hydrogen (secondary N) is 1. The van der Waals surface area contributed by atoms with Crippen LogP contribution >= 0.6 is 0 Å². The molecule has 0 fully saturated rings. The second-order valence-electron chi connectivity index (χ2n) is 8.59. The van der Waals surface area contributed by atoms with Crippen LogP contribution in [0.3, 0.4) is 0 Å². The fourth-order valence-corrected chi connectivity index (χ4v) is 3.75. The molecule has 0 unspecified atom stereocenters. The summed E-state index contributed by atoms with van der Waals surface area (Å²) in [4.78, 5) is 27.0. The normalized spacial score (nSPS) is 14.2. The summed E-state index contributed by atoms with van der Waals surface area (Å²) in [7, 11) is 3.11. The molecule has 0 atom stereocenters. The zero-order valence-corrected chi connectivity index (χ0v) is 17.6. The number of aromatic amines is 1. The smallest absolute Gasteiger partial charge is 0.260 e. The van der Waals surface area contributed by atoms with Crippen LogP contribution in [0.15, 0.2) is 23.1 Å². The predicted molar refractivity (Wildman–Crippen MR) is 112 cm³/mol. The minimum Gasteiger partial charge on any atom is -0.493 e. The number of hydrogen-bond donors (Lipinski definition) is 1. The number of aromatic nitrogens is 4. The molecular weight excluding hydrogens is 370 g/mol. The molecule has 0 amide bonds. The maximum atomic E-state index is 12.7. The van der Waals surface area contributed by atoms with Crippen LogP contribution in [-0.4, -0.2) is 40.3 Å². The molecule has 2 aromatic heterocycles. The topological polar surface area (TPSA) is 85.3 Å². The first kappa shape index (κ1) is 19.3. The Labute approximate surface area is 169 Å². The van der Waals surface area contributed by atoms with Crippen molar-refractivity contribution in [3.63, 3.8) is 0 Å². The van der Waals surface area contributed by atoms with Crippen molar-refractivity contribution in [2.24, 2.45) is 5.41 Å². The van der Waals surface area contributed by atoms with Crippen LogP contribution in [0.4, 0.5) is 5.95 Å². The molecule has 3 aromatic rings. The maximum absolute atomic E-state index is 12.7. The third-order valence-electron chi connectivity index (χ3n) is 5.15. The van der Waals surface area contributed by atoms with Crippen molar-refractivity contribution in [2.45, 2.75) is 40.3 Å². The van der Waals surface area contributed by atoms with Crippen LogP contribution in [0.2, 0.25) is 0 Å². The number of rotatable bonds is 4. The van der Waals surface area contributed by atoms with E-state index in [0.717, 1.165) is 31.0 Å². The van der Waals surface area contributed by atoms with Crippen LogP contribution in [0.1, 0.15) is 32.3 Å². The fraction of sp³-hybridized carbons (Fsp3) is 0.476. The van der Waals surface area contributed by atoms with Crippen molar-refractivity contribution in [2.75, 3.05) is 25.7 Å². The molecule has 0 saturated heterocycles. The second-order valence-corrected chi connectivity index (χ2v) is 8.59. The SMILES string of the molecule is COc1cc2nc(N3CCn4c(cnc4CC(C)(C)C)C3)[nH]c(=O)c2cc1OC. The Bertz CT molecular complexity index is 1110. The van der Waals surface area contributed by atoms with Gasteiger partial charge in [-0.1, -0.05) is 20.8 Å². The summed E-state index contributed by atoms with van der Waals surface area (Å²) in [5.74, 6) is 2.73. The Hall–Kier alpha value is -3.03. The molecule has 1 aromatic carbocycles. The molecule has 1 N–H and O–H groups in total. The highest BCUT2D eigenvalue weighted by Gasteiger charge is 2.24. The van der Waals surface area contributed by atoms with Crippen LogP contribution in [-0.2, 0) is 19.5 Å². The molecule has 0 spiro atoms. The van der Waals surface area contributed by atoms with E-state index in [1.807, 2.05) is 6.20 Å². The largest absolute Gasteiger partial charge is 0.493 e. The number of fused-ring (bicyclic) bond motifs is 2. The van der Waals surface area contributed by atoms with Gasteiger partial charge in [-0.25, -0.2) is 9.97 Å². The van der Waals surface area contributed by atoms with Gasteiger partial charge in [0, 0.05) is 25.6 Å². The Balaban J connectivity index is 1.67. The number of methoxy groups -OCH3 is 2. The number of imidazole rings is 1. The van der Waals surface area contributed by atoms with Crippen molar-refractivity contribution in [1.29, 1.82) is 0 Å². The van der Waals surface area contributed by atoms with E-state index >= 15 is 0 Å². The average Bonchev–Trinajstić information content (AvgIpc) is 3.07. The molecule has 3 heterocycles. The first-order valence-corrected chi connectivity index (χ1v) is 9.73. The van der Waals surface area contributed by atoms with Gasteiger partial charge in [-0.3, -0.25) is 9.78 Å². The quantitative estimate of drug-likeness (QED) is 0.729. The minimum atomic E-state index is -0.196. The molecule has 0 radical (unpaired) electrons. The highest BCUT2D eigenvalue weighted by atomic mass is 16.5. The van der Waals surface area contributed by atoms with Gasteiger partial charge in [0.2, 0.25) is 5.95 Å². The van der Waals surface area contributed by atoms with Gasteiger partial charge in [-0.2, -0.15) is 0 Å². The molecule has 8 heteroatoms. The van der Waals surface area contributed by atoms with Crippen molar-refractivity contribution in [3.05, 3.63) is 40.2 Å². The summed E-state index contributed by atoms with van der Waals surface area (Å²) in [6, 6.07) is 3.40. The van der Waals surface area contributed by atoms with Gasteiger partial charge in [0.15, 0.2) is 11.5 Å². The first-order valence-electron chi connectivity index (χ1n) is 9.73. The van der Waals surface area contributed by atoms with Gasteiger partial charge in [0.25, 0.3) is 5.56 Å². The Kier molecular flexibility index (Phi) is 4.72. The van der Waals surface area contributed by atoms with E-state index in [1.54, 1.807) is 26.4 Å². The van der Waals surface area contributed by atoms with Crippen molar-refractivity contribution < 1.29 is 9.47 Å². The van der Waals surface area contributed by atoms with Crippen LogP contribution < -0.4 is 19.9 Å². The Morgan fingerprint density at radius 3 is 2.55 bits per heavy atom. The van der Waals surface area contributed by atoms with Crippen LogP contribution in [0, 0.1) is 5.41 Å². The summed E-state index contributed by atoms with van der Waals surface area (Å²) >= 11 is 0. The summed E-state index contributed by atoms with van der Waals surface area (Å²) < 4.78 is 12.9. The van der Waals surface area contributed by atoms with Crippen molar-refractivity contribution in [3.8, 4) is 11.5 Å². The zero-order valence-electron chi connectivity index (χ0n) is 17.6. The third kappa shape index (κ3) is 3.66. The van der Waals surface area contributed by atoms with Gasteiger partial charge >= 0.3 is 0 Å². The molecule has 4 rings (SSSR count). The maximum Gasteiger partial charge on any atom is 0.260 e. The van der Waals surface area contributed by atoms with Crippen LogP contribution in [0.5, 0.6) is 11.5 Å². The van der Waals surface area contributed by atoms with E-state index in [0.29, 0.717) is 34.9 Å². The van der Waals surface area contributed by atoms with E-state index in [4.69, 9.17) is 9.47 Å². The molecule has 1 aliphatic rings. The van der Waals surface area contributed by atoms with Crippen molar-refractivity contribution >= 4 is 16.9 Å². The molecule has 29 heavy (non-hydrogen) atoms. The fourth-order valence-electron chi connectivity index (χ4n) is 3.75. The molecule has 0 saturated carbocycles.